The van der Waals surface area contributed by atoms with Gasteiger partial charge in [-0.05, 0) is 48.5 Å². The van der Waals surface area contributed by atoms with Crippen molar-refractivity contribution in [1.29, 1.82) is 0 Å². The first-order valence-electron chi connectivity index (χ1n) is 7.83. The van der Waals surface area contributed by atoms with Gasteiger partial charge in [-0.1, -0.05) is 23.4 Å². The van der Waals surface area contributed by atoms with E-state index in [-0.39, 0.29) is 6.61 Å². The molecule has 0 bridgehead atoms. The number of benzene rings is 2. The van der Waals surface area contributed by atoms with Gasteiger partial charge in [-0.15, -0.1) is 10.2 Å². The largest absolute Gasteiger partial charge is 0.497 e. The third kappa shape index (κ3) is 5.57. The average Bonchev–Trinajstić information content (AvgIpc) is 3.13. The molecule has 8 heteroatoms. The van der Waals surface area contributed by atoms with Gasteiger partial charge in [-0.2, -0.15) is 0 Å². The van der Waals surface area contributed by atoms with Crippen molar-refractivity contribution in [2.45, 2.75) is 11.8 Å². The molecule has 0 saturated heterocycles. The smallest absolute Gasteiger partial charge is 0.276 e. The van der Waals surface area contributed by atoms with Crippen molar-refractivity contribution in [3.05, 3.63) is 59.4 Å². The van der Waals surface area contributed by atoms with E-state index >= 15 is 0 Å². The van der Waals surface area contributed by atoms with Gasteiger partial charge in [0.25, 0.3) is 11.1 Å². The lowest BCUT2D eigenvalue weighted by atomic mass is 10.3. The number of thioether (sulfide) groups is 1. The van der Waals surface area contributed by atoms with Crippen LogP contribution < -0.4 is 14.2 Å². The molecule has 2 aromatic carbocycles. The summed E-state index contributed by atoms with van der Waals surface area (Å²) in [4.78, 5) is 0. The molecule has 3 rings (SSSR count). The van der Waals surface area contributed by atoms with Gasteiger partial charge < -0.3 is 18.6 Å². The molecule has 0 amide bonds. The summed E-state index contributed by atoms with van der Waals surface area (Å²) in [5.41, 5.74) is 0. The SMILES string of the molecule is COc1ccc(OCCSc2nnc(COc3ccc(Cl)cc3)o2)cc1. The molecule has 0 fully saturated rings. The van der Waals surface area contributed by atoms with Crippen LogP contribution in [-0.4, -0.2) is 29.7 Å². The zero-order chi connectivity index (χ0) is 18.2. The van der Waals surface area contributed by atoms with E-state index in [1.54, 1.807) is 31.4 Å². The Hall–Kier alpha value is -2.38. The molecule has 0 aliphatic rings. The van der Waals surface area contributed by atoms with Crippen LogP contribution in [0, 0.1) is 0 Å². The minimum absolute atomic E-state index is 0.206. The molecule has 0 unspecified atom stereocenters. The van der Waals surface area contributed by atoms with Crippen molar-refractivity contribution in [3.8, 4) is 17.2 Å². The maximum Gasteiger partial charge on any atom is 0.276 e. The zero-order valence-electron chi connectivity index (χ0n) is 14.1. The molecule has 6 nitrogen and oxygen atoms in total. The lowest BCUT2D eigenvalue weighted by Crippen LogP contribution is -2.00. The number of ether oxygens (including phenoxy) is 3. The monoisotopic (exact) mass is 392 g/mol. The van der Waals surface area contributed by atoms with Gasteiger partial charge in [0.05, 0.1) is 13.7 Å². The normalized spacial score (nSPS) is 10.5. The summed E-state index contributed by atoms with van der Waals surface area (Å²) in [6.07, 6.45) is 0. The molecule has 0 radical (unpaired) electrons. The first kappa shape index (κ1) is 18.4. The van der Waals surface area contributed by atoms with Crippen LogP contribution in [0.15, 0.2) is 58.2 Å². The van der Waals surface area contributed by atoms with E-state index in [9.17, 15) is 0 Å². The van der Waals surface area contributed by atoms with Crippen LogP contribution >= 0.6 is 23.4 Å². The molecule has 0 saturated carbocycles. The Balaban J connectivity index is 1.38. The highest BCUT2D eigenvalue weighted by atomic mass is 35.5. The van der Waals surface area contributed by atoms with E-state index in [0.717, 1.165) is 11.5 Å². The number of hydrogen-bond acceptors (Lipinski definition) is 7. The second-order valence-electron chi connectivity index (χ2n) is 5.08. The van der Waals surface area contributed by atoms with Crippen LogP contribution in [-0.2, 0) is 6.61 Å². The Labute approximate surface area is 160 Å². The van der Waals surface area contributed by atoms with Gasteiger partial charge in [-0.3, -0.25) is 0 Å². The number of methoxy groups -OCH3 is 1. The van der Waals surface area contributed by atoms with Gasteiger partial charge in [0.15, 0.2) is 6.61 Å². The molecule has 0 aliphatic heterocycles. The van der Waals surface area contributed by atoms with E-state index in [1.165, 1.54) is 11.8 Å². The highest BCUT2D eigenvalue weighted by Crippen LogP contribution is 2.20. The Morgan fingerprint density at radius 2 is 1.58 bits per heavy atom. The van der Waals surface area contributed by atoms with Crippen LogP contribution in [0.3, 0.4) is 0 Å². The quantitative estimate of drug-likeness (QED) is 0.392. The van der Waals surface area contributed by atoms with Crippen molar-refractivity contribution in [2.75, 3.05) is 19.5 Å². The molecule has 0 N–H and O–H groups in total. The van der Waals surface area contributed by atoms with Crippen LogP contribution in [0.1, 0.15) is 5.89 Å². The maximum absolute atomic E-state index is 5.83. The first-order chi connectivity index (χ1) is 12.7. The van der Waals surface area contributed by atoms with Crippen molar-refractivity contribution < 1.29 is 18.6 Å². The van der Waals surface area contributed by atoms with E-state index in [1.807, 2.05) is 24.3 Å². The van der Waals surface area contributed by atoms with Crippen LogP contribution in [0.2, 0.25) is 5.02 Å². The van der Waals surface area contributed by atoms with Crippen LogP contribution in [0.25, 0.3) is 0 Å². The summed E-state index contributed by atoms with van der Waals surface area (Å²) in [6.45, 7) is 0.730. The number of hydrogen-bond donors (Lipinski definition) is 0. The lowest BCUT2D eigenvalue weighted by Gasteiger charge is -2.05. The van der Waals surface area contributed by atoms with Gasteiger partial charge >= 0.3 is 0 Å². The fraction of sp³-hybridized carbons (Fsp3) is 0.222. The third-order valence-electron chi connectivity index (χ3n) is 3.26. The van der Waals surface area contributed by atoms with Crippen LogP contribution in [0.4, 0.5) is 0 Å². The molecular weight excluding hydrogens is 376 g/mol. The second-order valence-corrected chi connectivity index (χ2v) is 6.56. The molecule has 26 heavy (non-hydrogen) atoms. The second kappa shape index (κ2) is 9.35. The number of nitrogens with zero attached hydrogens (tertiary/aromatic N) is 2. The van der Waals surface area contributed by atoms with Crippen molar-refractivity contribution in [2.24, 2.45) is 0 Å². The third-order valence-corrected chi connectivity index (χ3v) is 4.30. The molecule has 0 aliphatic carbocycles. The van der Waals surface area contributed by atoms with Crippen LogP contribution in [0.5, 0.6) is 17.2 Å². The van der Waals surface area contributed by atoms with Gasteiger partial charge in [0, 0.05) is 10.8 Å². The van der Waals surface area contributed by atoms with E-state index in [4.69, 9.17) is 30.2 Å². The Bertz CT molecular complexity index is 809. The summed E-state index contributed by atoms with van der Waals surface area (Å²) < 4.78 is 21.8. The number of halogens is 1. The molecular formula is C18H17ClN2O4S. The zero-order valence-corrected chi connectivity index (χ0v) is 15.6. The van der Waals surface area contributed by atoms with Gasteiger partial charge in [0.2, 0.25) is 0 Å². The summed E-state index contributed by atoms with van der Waals surface area (Å²) in [6, 6.07) is 14.5. The van der Waals surface area contributed by atoms with E-state index < -0.39 is 0 Å². The fourth-order valence-corrected chi connectivity index (χ4v) is 2.71. The highest BCUT2D eigenvalue weighted by molar-refractivity contribution is 7.99. The van der Waals surface area contributed by atoms with E-state index in [0.29, 0.717) is 34.2 Å². The minimum Gasteiger partial charge on any atom is -0.497 e. The summed E-state index contributed by atoms with van der Waals surface area (Å²) in [7, 11) is 1.63. The van der Waals surface area contributed by atoms with Crippen molar-refractivity contribution in [1.82, 2.24) is 10.2 Å². The van der Waals surface area contributed by atoms with Crippen molar-refractivity contribution >= 4 is 23.4 Å². The molecule has 3 aromatic rings. The first-order valence-corrected chi connectivity index (χ1v) is 9.20. The molecule has 1 aromatic heterocycles. The summed E-state index contributed by atoms with van der Waals surface area (Å²) in [5.74, 6) is 3.37. The fourth-order valence-electron chi connectivity index (χ4n) is 1.99. The molecule has 0 atom stereocenters. The van der Waals surface area contributed by atoms with Gasteiger partial charge in [0.1, 0.15) is 17.2 Å². The lowest BCUT2D eigenvalue weighted by molar-refractivity contribution is 0.252. The highest BCUT2D eigenvalue weighted by Gasteiger charge is 2.08. The number of aromatic nitrogens is 2. The predicted octanol–water partition coefficient (Wildman–Crippen LogP) is 4.48. The predicted molar refractivity (Wildman–Crippen MR) is 99.3 cm³/mol. The topological polar surface area (TPSA) is 66.6 Å². The minimum atomic E-state index is 0.206. The molecule has 1 heterocycles. The summed E-state index contributed by atoms with van der Waals surface area (Å²) in [5, 5.41) is 9.09. The van der Waals surface area contributed by atoms with E-state index in [2.05, 4.69) is 10.2 Å². The molecule has 0 spiro atoms. The number of rotatable bonds is 9. The Kier molecular flexibility index (Phi) is 6.62. The van der Waals surface area contributed by atoms with Crippen molar-refractivity contribution in [3.63, 3.8) is 0 Å². The van der Waals surface area contributed by atoms with Gasteiger partial charge in [-0.25, -0.2) is 0 Å². The Morgan fingerprint density at radius 3 is 2.31 bits per heavy atom. The maximum atomic E-state index is 5.83. The average molecular weight is 393 g/mol. The summed E-state index contributed by atoms with van der Waals surface area (Å²) >= 11 is 7.26. The standard InChI is InChI=1S/C18H17ClN2O4S/c1-22-14-6-8-15(9-7-14)23-10-11-26-18-21-20-17(25-18)12-24-16-4-2-13(19)3-5-16/h2-9H,10-12H2,1H3. The molecule has 136 valence electrons. The Morgan fingerprint density at radius 1 is 0.923 bits per heavy atom.